The lowest BCUT2D eigenvalue weighted by Gasteiger charge is -2.34. The highest BCUT2D eigenvalue weighted by Gasteiger charge is 2.38. The van der Waals surface area contributed by atoms with E-state index >= 15 is 0 Å². The molecule has 0 spiro atoms. The fourth-order valence-corrected chi connectivity index (χ4v) is 3.38. The minimum atomic E-state index is -1.05. The molecule has 1 amide bonds. The van der Waals surface area contributed by atoms with Crippen molar-refractivity contribution in [1.29, 1.82) is 0 Å². The van der Waals surface area contributed by atoms with Crippen LogP contribution < -0.4 is 0 Å². The summed E-state index contributed by atoms with van der Waals surface area (Å²) in [6, 6.07) is 6.31. The smallest absolute Gasteiger partial charge is 0.331 e. The fraction of sp³-hybridized carbons (Fsp3) is 0.353. The van der Waals surface area contributed by atoms with Crippen LogP contribution in [0.3, 0.4) is 0 Å². The van der Waals surface area contributed by atoms with Gasteiger partial charge in [-0.25, -0.2) is 4.79 Å². The van der Waals surface area contributed by atoms with Crippen molar-refractivity contribution in [1.82, 2.24) is 10.1 Å². The normalized spacial score (nSPS) is 19.5. The van der Waals surface area contributed by atoms with Crippen LogP contribution in [0.4, 0.5) is 0 Å². The van der Waals surface area contributed by atoms with E-state index in [2.05, 4.69) is 5.16 Å². The number of carboxylic acid groups (broad SMARTS) is 1. The van der Waals surface area contributed by atoms with E-state index in [0.29, 0.717) is 42.9 Å². The van der Waals surface area contributed by atoms with Crippen molar-refractivity contribution >= 4 is 11.9 Å². The van der Waals surface area contributed by atoms with Gasteiger partial charge >= 0.3 is 5.97 Å². The number of fused-ring (bicyclic) bond motifs is 2. The molecule has 2 aliphatic rings. The van der Waals surface area contributed by atoms with E-state index in [9.17, 15) is 14.7 Å². The van der Waals surface area contributed by atoms with Crippen LogP contribution >= 0.6 is 0 Å². The van der Waals surface area contributed by atoms with Crippen LogP contribution in [0.25, 0.3) is 0 Å². The quantitative estimate of drug-likeness (QED) is 0.899. The number of benzene rings is 1. The van der Waals surface area contributed by atoms with E-state index in [1.807, 2.05) is 12.1 Å². The Bertz CT molecular complexity index is 813. The highest BCUT2D eigenvalue weighted by atomic mass is 16.5. The van der Waals surface area contributed by atoms with Crippen molar-refractivity contribution in [3.8, 4) is 0 Å². The standard InChI is InChI=1S/C17H16N2O5/c20-16(14-12-9-23-8-6-13(12)24-18-14)19-7-5-10-3-1-2-4-11(10)15(19)17(21)22/h1-4,15H,5-9H2,(H,21,22). The summed E-state index contributed by atoms with van der Waals surface area (Å²) in [5.41, 5.74) is 2.40. The van der Waals surface area contributed by atoms with Gasteiger partial charge in [-0.15, -0.1) is 0 Å². The maximum atomic E-state index is 12.9. The molecule has 24 heavy (non-hydrogen) atoms. The largest absolute Gasteiger partial charge is 0.479 e. The summed E-state index contributed by atoms with van der Waals surface area (Å²) in [6.07, 6.45) is 1.18. The summed E-state index contributed by atoms with van der Waals surface area (Å²) in [4.78, 5) is 26.1. The minimum Gasteiger partial charge on any atom is -0.479 e. The Kier molecular flexibility index (Phi) is 3.57. The van der Waals surface area contributed by atoms with Gasteiger partial charge in [-0.2, -0.15) is 0 Å². The number of carboxylic acids is 1. The van der Waals surface area contributed by atoms with E-state index < -0.39 is 17.9 Å². The van der Waals surface area contributed by atoms with Crippen LogP contribution in [0.2, 0.25) is 0 Å². The Balaban J connectivity index is 1.72. The zero-order chi connectivity index (χ0) is 16.7. The topological polar surface area (TPSA) is 92.9 Å². The number of aliphatic carboxylic acids is 1. The van der Waals surface area contributed by atoms with Gasteiger partial charge in [0.25, 0.3) is 5.91 Å². The third-order valence-electron chi connectivity index (χ3n) is 4.57. The molecule has 0 radical (unpaired) electrons. The Morgan fingerprint density at radius 3 is 2.92 bits per heavy atom. The summed E-state index contributed by atoms with van der Waals surface area (Å²) < 4.78 is 10.6. The van der Waals surface area contributed by atoms with Gasteiger partial charge < -0.3 is 19.3 Å². The Morgan fingerprint density at radius 1 is 1.25 bits per heavy atom. The van der Waals surface area contributed by atoms with E-state index in [4.69, 9.17) is 9.26 Å². The van der Waals surface area contributed by atoms with Gasteiger partial charge in [0, 0.05) is 13.0 Å². The maximum Gasteiger partial charge on any atom is 0.331 e. The maximum absolute atomic E-state index is 12.9. The molecule has 1 atom stereocenters. The van der Waals surface area contributed by atoms with Crippen molar-refractivity contribution in [2.75, 3.05) is 13.2 Å². The van der Waals surface area contributed by atoms with Crippen molar-refractivity contribution in [3.63, 3.8) is 0 Å². The molecule has 2 aliphatic heterocycles. The predicted molar refractivity (Wildman–Crippen MR) is 81.4 cm³/mol. The molecule has 124 valence electrons. The molecule has 0 aliphatic carbocycles. The molecule has 0 saturated carbocycles. The predicted octanol–water partition coefficient (Wildman–Crippen LogP) is 1.57. The number of amides is 1. The summed E-state index contributed by atoms with van der Waals surface area (Å²) in [5, 5.41) is 13.6. The van der Waals surface area contributed by atoms with Crippen molar-refractivity contribution in [2.24, 2.45) is 0 Å². The number of hydrogen-bond donors (Lipinski definition) is 1. The fourth-order valence-electron chi connectivity index (χ4n) is 3.38. The van der Waals surface area contributed by atoms with E-state index in [0.717, 1.165) is 5.56 Å². The van der Waals surface area contributed by atoms with Crippen molar-refractivity contribution in [2.45, 2.75) is 25.5 Å². The van der Waals surface area contributed by atoms with Crippen LogP contribution in [0.15, 0.2) is 28.8 Å². The van der Waals surface area contributed by atoms with Crippen LogP contribution in [-0.4, -0.2) is 40.2 Å². The molecule has 2 aromatic rings. The molecule has 1 unspecified atom stereocenters. The van der Waals surface area contributed by atoms with Crippen molar-refractivity contribution < 1.29 is 24.0 Å². The number of aromatic nitrogens is 1. The van der Waals surface area contributed by atoms with Gasteiger partial charge in [0.1, 0.15) is 5.76 Å². The minimum absolute atomic E-state index is 0.162. The summed E-state index contributed by atoms with van der Waals surface area (Å²) >= 11 is 0. The van der Waals surface area contributed by atoms with Crippen LogP contribution in [0.1, 0.15) is 39.0 Å². The van der Waals surface area contributed by atoms with E-state index in [1.54, 1.807) is 12.1 Å². The molecule has 7 nitrogen and oxygen atoms in total. The van der Waals surface area contributed by atoms with Gasteiger partial charge in [0.05, 0.1) is 18.8 Å². The lowest BCUT2D eigenvalue weighted by atomic mass is 9.92. The van der Waals surface area contributed by atoms with E-state index in [-0.39, 0.29) is 12.3 Å². The molecule has 0 fully saturated rings. The number of ether oxygens (including phenoxy) is 1. The molecule has 0 bridgehead atoms. The zero-order valence-electron chi connectivity index (χ0n) is 12.9. The van der Waals surface area contributed by atoms with Crippen molar-refractivity contribution in [3.05, 3.63) is 52.4 Å². The first-order valence-corrected chi connectivity index (χ1v) is 7.83. The third kappa shape index (κ3) is 2.28. The number of nitrogens with zero attached hydrogens (tertiary/aromatic N) is 2. The monoisotopic (exact) mass is 328 g/mol. The highest BCUT2D eigenvalue weighted by molar-refractivity contribution is 5.97. The highest BCUT2D eigenvalue weighted by Crippen LogP contribution is 2.32. The summed E-state index contributed by atoms with van der Waals surface area (Å²) in [6.45, 7) is 1.13. The summed E-state index contributed by atoms with van der Waals surface area (Å²) in [5.74, 6) is -0.828. The average Bonchev–Trinajstić information content (AvgIpc) is 3.04. The van der Waals surface area contributed by atoms with Crippen LogP contribution in [0.5, 0.6) is 0 Å². The second kappa shape index (κ2) is 5.76. The molecule has 7 heteroatoms. The van der Waals surface area contributed by atoms with Gasteiger partial charge in [0.2, 0.25) is 0 Å². The number of carbonyl (C=O) groups excluding carboxylic acids is 1. The Hall–Kier alpha value is -2.67. The third-order valence-corrected chi connectivity index (χ3v) is 4.57. The Morgan fingerprint density at radius 2 is 2.08 bits per heavy atom. The first kappa shape index (κ1) is 14.9. The number of rotatable bonds is 2. The first-order valence-electron chi connectivity index (χ1n) is 7.83. The SMILES string of the molecule is O=C(O)C1c2ccccc2CCN1C(=O)c1noc2c1COCC2. The average molecular weight is 328 g/mol. The molecular formula is C17H16N2O5. The second-order valence-corrected chi connectivity index (χ2v) is 5.92. The summed E-state index contributed by atoms with van der Waals surface area (Å²) in [7, 11) is 0. The van der Waals surface area contributed by atoms with Gasteiger partial charge in [-0.05, 0) is 17.5 Å². The number of carbonyl (C=O) groups is 2. The Labute approximate surface area is 137 Å². The molecule has 1 N–H and O–H groups in total. The molecule has 1 aromatic heterocycles. The lowest BCUT2D eigenvalue weighted by Crippen LogP contribution is -2.44. The van der Waals surface area contributed by atoms with Gasteiger partial charge in [-0.1, -0.05) is 29.4 Å². The molecule has 3 heterocycles. The molecule has 0 saturated heterocycles. The lowest BCUT2D eigenvalue weighted by molar-refractivity contribution is -0.143. The van der Waals surface area contributed by atoms with Gasteiger partial charge in [0.15, 0.2) is 11.7 Å². The molecule has 4 rings (SSSR count). The molecule has 1 aromatic carbocycles. The second-order valence-electron chi connectivity index (χ2n) is 5.92. The van der Waals surface area contributed by atoms with Crippen LogP contribution in [-0.2, 0) is 29.0 Å². The first-order chi connectivity index (χ1) is 11.7. The molecular weight excluding hydrogens is 312 g/mol. The zero-order valence-corrected chi connectivity index (χ0v) is 12.9. The van der Waals surface area contributed by atoms with Gasteiger partial charge in [-0.3, -0.25) is 4.79 Å². The van der Waals surface area contributed by atoms with E-state index in [1.165, 1.54) is 4.90 Å². The van der Waals surface area contributed by atoms with Crippen LogP contribution in [0, 0.1) is 0 Å². The number of hydrogen-bond acceptors (Lipinski definition) is 5.